The second-order valence-electron chi connectivity index (χ2n) is 4.24. The lowest BCUT2D eigenvalue weighted by Gasteiger charge is -2.22. The predicted octanol–water partition coefficient (Wildman–Crippen LogP) is 0.753. The van der Waals surface area contributed by atoms with E-state index in [1.807, 2.05) is 0 Å². The van der Waals surface area contributed by atoms with E-state index in [1.165, 1.54) is 6.26 Å². The van der Waals surface area contributed by atoms with Gasteiger partial charge < -0.3 is 15.2 Å². The van der Waals surface area contributed by atoms with Crippen molar-refractivity contribution in [1.82, 2.24) is 0 Å². The molecule has 1 aromatic carbocycles. The molecular formula is C12H17NO4S. The second kappa shape index (κ2) is 5.16. The van der Waals surface area contributed by atoms with Gasteiger partial charge in [-0.3, -0.25) is 0 Å². The largest absolute Gasteiger partial charge is 0.486 e. The van der Waals surface area contributed by atoms with Crippen LogP contribution in [0.5, 0.6) is 11.5 Å². The zero-order valence-electron chi connectivity index (χ0n) is 10.3. The molecule has 1 aliphatic rings. The molecule has 0 aromatic heterocycles. The maximum atomic E-state index is 11.9. The minimum Gasteiger partial charge on any atom is -0.486 e. The first-order chi connectivity index (χ1) is 8.54. The third-order valence-corrected chi connectivity index (χ3v) is 3.96. The zero-order valence-corrected chi connectivity index (χ0v) is 11.1. The molecule has 0 saturated carbocycles. The maximum absolute atomic E-state index is 11.9. The van der Waals surface area contributed by atoms with Crippen LogP contribution in [0.3, 0.4) is 0 Å². The third-order valence-electron chi connectivity index (χ3n) is 2.77. The van der Waals surface area contributed by atoms with Gasteiger partial charge in [0.25, 0.3) is 0 Å². The highest BCUT2D eigenvalue weighted by Gasteiger charge is 2.25. The van der Waals surface area contributed by atoms with E-state index in [4.69, 9.17) is 15.2 Å². The fourth-order valence-electron chi connectivity index (χ4n) is 2.03. The SMILES string of the molecule is CS(=O)(=O)c1c(CCCN)ccc2c1OCCO2. The number of hydrogen-bond donors (Lipinski definition) is 1. The van der Waals surface area contributed by atoms with E-state index in [1.54, 1.807) is 12.1 Å². The van der Waals surface area contributed by atoms with E-state index in [9.17, 15) is 8.42 Å². The lowest BCUT2D eigenvalue weighted by Crippen LogP contribution is -2.18. The van der Waals surface area contributed by atoms with Crippen LogP contribution in [0, 0.1) is 0 Å². The maximum Gasteiger partial charge on any atom is 0.180 e. The van der Waals surface area contributed by atoms with Gasteiger partial charge in [0.2, 0.25) is 0 Å². The summed E-state index contributed by atoms with van der Waals surface area (Å²) in [7, 11) is -3.35. The number of benzene rings is 1. The Morgan fingerprint density at radius 1 is 1.28 bits per heavy atom. The zero-order chi connectivity index (χ0) is 13.2. The molecule has 0 saturated heterocycles. The highest BCUT2D eigenvalue weighted by Crippen LogP contribution is 2.39. The van der Waals surface area contributed by atoms with Gasteiger partial charge in [-0.05, 0) is 31.0 Å². The van der Waals surface area contributed by atoms with Crippen LogP contribution in [0.2, 0.25) is 0 Å². The summed E-state index contributed by atoms with van der Waals surface area (Å²) in [6, 6.07) is 3.54. The lowest BCUT2D eigenvalue weighted by molar-refractivity contribution is 0.166. The Morgan fingerprint density at radius 2 is 2.00 bits per heavy atom. The first-order valence-corrected chi connectivity index (χ1v) is 7.75. The highest BCUT2D eigenvalue weighted by molar-refractivity contribution is 7.90. The van der Waals surface area contributed by atoms with Gasteiger partial charge in [-0.15, -0.1) is 0 Å². The van der Waals surface area contributed by atoms with Crippen molar-refractivity contribution in [2.24, 2.45) is 5.73 Å². The molecule has 100 valence electrons. The summed E-state index contributed by atoms with van der Waals surface area (Å²) in [6.07, 6.45) is 2.55. The molecule has 1 heterocycles. The van der Waals surface area contributed by atoms with Crippen LogP contribution in [0.25, 0.3) is 0 Å². The van der Waals surface area contributed by atoms with Gasteiger partial charge in [-0.2, -0.15) is 0 Å². The lowest BCUT2D eigenvalue weighted by atomic mass is 10.1. The number of aryl methyl sites for hydroxylation is 1. The number of hydrogen-bond acceptors (Lipinski definition) is 5. The number of ether oxygens (including phenoxy) is 2. The van der Waals surface area contributed by atoms with Crippen LogP contribution in [0.4, 0.5) is 0 Å². The van der Waals surface area contributed by atoms with Gasteiger partial charge in [-0.1, -0.05) is 6.07 Å². The highest BCUT2D eigenvalue weighted by atomic mass is 32.2. The topological polar surface area (TPSA) is 78.6 Å². The van der Waals surface area contributed by atoms with Crippen LogP contribution < -0.4 is 15.2 Å². The number of nitrogens with two attached hydrogens (primary N) is 1. The van der Waals surface area contributed by atoms with Crippen LogP contribution in [0.1, 0.15) is 12.0 Å². The van der Waals surface area contributed by atoms with Crippen molar-refractivity contribution >= 4 is 9.84 Å². The normalized spacial score (nSPS) is 14.6. The Morgan fingerprint density at radius 3 is 2.67 bits per heavy atom. The van der Waals surface area contributed by atoms with Crippen molar-refractivity contribution in [3.8, 4) is 11.5 Å². The molecule has 1 aliphatic heterocycles. The van der Waals surface area contributed by atoms with Crippen molar-refractivity contribution < 1.29 is 17.9 Å². The Hall–Kier alpha value is -1.27. The summed E-state index contributed by atoms with van der Waals surface area (Å²) in [4.78, 5) is 0.244. The molecule has 2 rings (SSSR count). The molecule has 0 aliphatic carbocycles. The monoisotopic (exact) mass is 271 g/mol. The minimum absolute atomic E-state index is 0.244. The van der Waals surface area contributed by atoms with E-state index in [0.717, 1.165) is 12.0 Å². The second-order valence-corrected chi connectivity index (χ2v) is 6.19. The molecule has 0 spiro atoms. The van der Waals surface area contributed by atoms with Crippen LogP contribution in [-0.4, -0.2) is 34.4 Å². The smallest absolute Gasteiger partial charge is 0.180 e. The van der Waals surface area contributed by atoms with Gasteiger partial charge in [-0.25, -0.2) is 8.42 Å². The van der Waals surface area contributed by atoms with Crippen LogP contribution in [-0.2, 0) is 16.3 Å². The third kappa shape index (κ3) is 2.59. The molecule has 0 atom stereocenters. The molecule has 0 fully saturated rings. The van der Waals surface area contributed by atoms with E-state index < -0.39 is 9.84 Å². The minimum atomic E-state index is -3.35. The van der Waals surface area contributed by atoms with E-state index in [-0.39, 0.29) is 4.90 Å². The van der Waals surface area contributed by atoms with Gasteiger partial charge in [0, 0.05) is 6.26 Å². The van der Waals surface area contributed by atoms with E-state index in [0.29, 0.717) is 37.7 Å². The number of fused-ring (bicyclic) bond motifs is 1. The Balaban J connectivity index is 2.54. The summed E-state index contributed by atoms with van der Waals surface area (Å²) in [5.74, 6) is 0.844. The van der Waals surface area contributed by atoms with Crippen molar-refractivity contribution in [2.45, 2.75) is 17.7 Å². The number of rotatable bonds is 4. The van der Waals surface area contributed by atoms with Gasteiger partial charge in [0.15, 0.2) is 21.3 Å². The molecular weight excluding hydrogens is 254 g/mol. The predicted molar refractivity (Wildman–Crippen MR) is 67.9 cm³/mol. The molecule has 6 heteroatoms. The fourth-order valence-corrected chi connectivity index (χ4v) is 3.17. The first kappa shape index (κ1) is 13.2. The molecule has 18 heavy (non-hydrogen) atoms. The van der Waals surface area contributed by atoms with Crippen LogP contribution >= 0.6 is 0 Å². The van der Waals surface area contributed by atoms with Crippen molar-refractivity contribution in [2.75, 3.05) is 26.0 Å². The summed E-state index contributed by atoms with van der Waals surface area (Å²) >= 11 is 0. The average Bonchev–Trinajstić information content (AvgIpc) is 2.34. The fraction of sp³-hybridized carbons (Fsp3) is 0.500. The van der Waals surface area contributed by atoms with E-state index >= 15 is 0 Å². The van der Waals surface area contributed by atoms with Gasteiger partial charge >= 0.3 is 0 Å². The molecule has 5 nitrogen and oxygen atoms in total. The Labute approximate surface area is 107 Å². The van der Waals surface area contributed by atoms with Crippen molar-refractivity contribution in [3.63, 3.8) is 0 Å². The van der Waals surface area contributed by atoms with Crippen LogP contribution in [0.15, 0.2) is 17.0 Å². The average molecular weight is 271 g/mol. The molecule has 0 radical (unpaired) electrons. The number of sulfone groups is 1. The summed E-state index contributed by atoms with van der Waals surface area (Å²) in [5.41, 5.74) is 6.21. The Bertz CT molecular complexity index is 539. The van der Waals surface area contributed by atoms with Crippen molar-refractivity contribution in [1.29, 1.82) is 0 Å². The summed E-state index contributed by atoms with van der Waals surface area (Å²) in [5, 5.41) is 0. The molecule has 0 unspecified atom stereocenters. The van der Waals surface area contributed by atoms with Crippen molar-refractivity contribution in [3.05, 3.63) is 17.7 Å². The van der Waals surface area contributed by atoms with E-state index in [2.05, 4.69) is 0 Å². The quantitative estimate of drug-likeness (QED) is 0.874. The van der Waals surface area contributed by atoms with Gasteiger partial charge in [0.1, 0.15) is 18.1 Å². The molecule has 2 N–H and O–H groups in total. The summed E-state index contributed by atoms with van der Waals surface area (Å²) < 4.78 is 34.7. The first-order valence-electron chi connectivity index (χ1n) is 5.85. The summed E-state index contributed by atoms with van der Waals surface area (Å²) in [6.45, 7) is 1.34. The molecule has 0 amide bonds. The molecule has 1 aromatic rings. The standard InChI is InChI=1S/C12H17NO4S/c1-18(14,15)12-9(3-2-6-13)4-5-10-11(12)17-8-7-16-10/h4-5H,2-3,6-8,13H2,1H3. The van der Waals surface area contributed by atoms with Gasteiger partial charge in [0.05, 0.1) is 0 Å². The Kier molecular flexibility index (Phi) is 3.77. The molecule has 0 bridgehead atoms.